The fourth-order valence-electron chi connectivity index (χ4n) is 3.30. The molecule has 28 heavy (non-hydrogen) atoms. The Labute approximate surface area is 169 Å². The number of hydrogen-bond acceptors (Lipinski definition) is 3. The smallest absolute Gasteiger partial charge is 0.225 e. The minimum absolute atomic E-state index is 0.267. The van der Waals surface area contributed by atoms with Crippen LogP contribution in [0.15, 0.2) is 70.9 Å². The summed E-state index contributed by atoms with van der Waals surface area (Å²) in [7, 11) is 0. The molecule has 2 heterocycles. The van der Waals surface area contributed by atoms with Gasteiger partial charge in [-0.1, -0.05) is 41.9 Å². The maximum atomic E-state index is 6.02. The van der Waals surface area contributed by atoms with E-state index < -0.39 is 0 Å². The first-order valence-corrected chi connectivity index (χ1v) is 9.46. The van der Waals surface area contributed by atoms with E-state index in [0.717, 1.165) is 41.3 Å². The van der Waals surface area contributed by atoms with Gasteiger partial charge in [-0.15, -0.1) is 0 Å². The summed E-state index contributed by atoms with van der Waals surface area (Å²) in [5, 5.41) is 0.707. The van der Waals surface area contributed by atoms with E-state index in [9.17, 15) is 0 Å². The molecule has 0 atom stereocenters. The molecule has 0 unspecified atom stereocenters. The van der Waals surface area contributed by atoms with Crippen LogP contribution in [0.25, 0.3) is 11.3 Å². The van der Waals surface area contributed by atoms with Crippen LogP contribution in [0.5, 0.6) is 0 Å². The van der Waals surface area contributed by atoms with Gasteiger partial charge in [-0.2, -0.15) is 0 Å². The molecule has 0 spiro atoms. The van der Waals surface area contributed by atoms with Crippen LogP contribution in [0.4, 0.5) is 5.69 Å². The Morgan fingerprint density at radius 1 is 1.07 bits per heavy atom. The molecule has 140 valence electrons. The quantitative estimate of drug-likeness (QED) is 0.473. The largest absolute Gasteiger partial charge is 0.339 e. The van der Waals surface area contributed by atoms with Crippen LogP contribution in [0.1, 0.15) is 17.2 Å². The van der Waals surface area contributed by atoms with Crippen LogP contribution in [0, 0.1) is 6.92 Å². The second kappa shape index (κ2) is 7.90. The number of likely N-dealkylation sites (tertiary alicyclic amines) is 1. The zero-order valence-electron chi connectivity index (χ0n) is 15.6. The van der Waals surface area contributed by atoms with E-state index in [1.807, 2.05) is 55.5 Å². The standard InChI is InChI=1S/C22H20ClN5/c1-15-5-3-4-6-19(15)27-22(24-2)28-13-17(14-28)21-20(25-11-12-26-21)16-7-9-18(23)10-8-16/h3-12,17H,2,13-14H2,1H3. The molecule has 3 aromatic rings. The van der Waals surface area contributed by atoms with Crippen LogP contribution in [-0.4, -0.2) is 40.6 Å². The van der Waals surface area contributed by atoms with Crippen LogP contribution >= 0.6 is 11.6 Å². The zero-order valence-corrected chi connectivity index (χ0v) is 16.3. The van der Waals surface area contributed by atoms with Crippen molar-refractivity contribution in [2.75, 3.05) is 13.1 Å². The van der Waals surface area contributed by atoms with Gasteiger partial charge in [-0.3, -0.25) is 9.97 Å². The monoisotopic (exact) mass is 389 g/mol. The third-order valence-corrected chi connectivity index (χ3v) is 5.12. The van der Waals surface area contributed by atoms with Crippen molar-refractivity contribution < 1.29 is 0 Å². The van der Waals surface area contributed by atoms with E-state index in [1.54, 1.807) is 12.4 Å². The molecule has 5 nitrogen and oxygen atoms in total. The fourth-order valence-corrected chi connectivity index (χ4v) is 3.42. The molecule has 0 saturated carbocycles. The Bertz CT molecular complexity index is 1020. The van der Waals surface area contributed by atoms with Gasteiger partial charge in [0.2, 0.25) is 5.96 Å². The summed E-state index contributed by atoms with van der Waals surface area (Å²) in [6.45, 7) is 7.30. The second-order valence-corrected chi connectivity index (χ2v) is 7.19. The number of hydrogen-bond donors (Lipinski definition) is 0. The molecule has 1 aliphatic heterocycles. The average molecular weight is 390 g/mol. The second-order valence-electron chi connectivity index (χ2n) is 6.76. The number of halogens is 1. The molecule has 6 heteroatoms. The first-order valence-electron chi connectivity index (χ1n) is 9.08. The first-order chi connectivity index (χ1) is 13.7. The molecule has 4 rings (SSSR count). The molecule has 1 aromatic heterocycles. The predicted octanol–water partition coefficient (Wildman–Crippen LogP) is 4.89. The van der Waals surface area contributed by atoms with Gasteiger partial charge >= 0.3 is 0 Å². The van der Waals surface area contributed by atoms with Crippen molar-refractivity contribution in [2.45, 2.75) is 12.8 Å². The third kappa shape index (κ3) is 3.66. The molecule has 0 aliphatic carbocycles. The summed E-state index contributed by atoms with van der Waals surface area (Å²) in [5.74, 6) is 0.908. The van der Waals surface area contributed by atoms with E-state index in [0.29, 0.717) is 11.0 Å². The summed E-state index contributed by atoms with van der Waals surface area (Å²) in [4.78, 5) is 20.1. The van der Waals surface area contributed by atoms with Crippen LogP contribution in [-0.2, 0) is 0 Å². The Morgan fingerprint density at radius 2 is 1.79 bits per heavy atom. The summed E-state index contributed by atoms with van der Waals surface area (Å²) in [5.41, 5.74) is 4.92. The van der Waals surface area contributed by atoms with Crippen molar-refractivity contribution in [2.24, 2.45) is 9.98 Å². The molecule has 2 aromatic carbocycles. The van der Waals surface area contributed by atoms with E-state index in [4.69, 9.17) is 11.6 Å². The number of guanidine groups is 1. The van der Waals surface area contributed by atoms with Gasteiger partial charge in [0.25, 0.3) is 0 Å². The molecule has 0 amide bonds. The molecule has 1 fully saturated rings. The molecular weight excluding hydrogens is 370 g/mol. The number of benzene rings is 2. The molecule has 1 aliphatic rings. The van der Waals surface area contributed by atoms with E-state index in [1.165, 1.54) is 0 Å². The summed E-state index contributed by atoms with van der Waals surface area (Å²) in [6.07, 6.45) is 3.46. The number of aryl methyl sites for hydroxylation is 1. The Balaban J connectivity index is 1.55. The summed E-state index contributed by atoms with van der Waals surface area (Å²) < 4.78 is 0. The minimum Gasteiger partial charge on any atom is -0.339 e. The Hall–Kier alpha value is -3.05. The van der Waals surface area contributed by atoms with Gasteiger partial charge in [-0.05, 0) is 37.4 Å². The van der Waals surface area contributed by atoms with Crippen molar-refractivity contribution in [3.63, 3.8) is 0 Å². The van der Waals surface area contributed by atoms with Crippen LogP contribution in [0.3, 0.4) is 0 Å². The Kier molecular flexibility index (Phi) is 5.17. The molecular formula is C22H20ClN5. The van der Waals surface area contributed by atoms with Crippen molar-refractivity contribution in [1.82, 2.24) is 14.9 Å². The van der Waals surface area contributed by atoms with Crippen molar-refractivity contribution in [3.05, 3.63) is 77.2 Å². The molecule has 0 bridgehead atoms. The van der Waals surface area contributed by atoms with E-state index in [-0.39, 0.29) is 5.92 Å². The highest BCUT2D eigenvalue weighted by molar-refractivity contribution is 6.30. The maximum Gasteiger partial charge on any atom is 0.225 e. The van der Waals surface area contributed by atoms with Gasteiger partial charge in [0.15, 0.2) is 0 Å². The van der Waals surface area contributed by atoms with E-state index in [2.05, 4.69) is 31.6 Å². The lowest BCUT2D eigenvalue weighted by Crippen LogP contribution is -2.48. The van der Waals surface area contributed by atoms with E-state index >= 15 is 0 Å². The number of aliphatic imine (C=N–C) groups is 2. The van der Waals surface area contributed by atoms with Gasteiger partial charge in [0.05, 0.1) is 17.1 Å². The highest BCUT2D eigenvalue weighted by atomic mass is 35.5. The number of para-hydroxylation sites is 1. The van der Waals surface area contributed by atoms with Crippen molar-refractivity contribution in [1.29, 1.82) is 0 Å². The SMILES string of the molecule is C=NC(=Nc1ccccc1C)N1CC(c2nccnc2-c2ccc(Cl)cc2)C1. The lowest BCUT2D eigenvalue weighted by Gasteiger charge is -2.39. The first kappa shape index (κ1) is 18.3. The van der Waals surface area contributed by atoms with Gasteiger partial charge < -0.3 is 4.90 Å². The van der Waals surface area contributed by atoms with Crippen molar-refractivity contribution in [3.8, 4) is 11.3 Å². The highest BCUT2D eigenvalue weighted by Crippen LogP contribution is 2.33. The number of nitrogens with zero attached hydrogens (tertiary/aromatic N) is 5. The number of aromatic nitrogens is 2. The van der Waals surface area contributed by atoms with Crippen LogP contribution < -0.4 is 0 Å². The summed E-state index contributed by atoms with van der Waals surface area (Å²) >= 11 is 6.02. The van der Waals surface area contributed by atoms with Crippen molar-refractivity contribution >= 4 is 30.0 Å². The third-order valence-electron chi connectivity index (χ3n) is 4.87. The van der Waals surface area contributed by atoms with Gasteiger partial charge in [0.1, 0.15) is 0 Å². The fraction of sp³-hybridized carbons (Fsp3) is 0.182. The molecule has 1 saturated heterocycles. The highest BCUT2D eigenvalue weighted by Gasteiger charge is 2.33. The molecule has 0 N–H and O–H groups in total. The van der Waals surface area contributed by atoms with Crippen LogP contribution in [0.2, 0.25) is 5.02 Å². The van der Waals surface area contributed by atoms with Gasteiger partial charge in [-0.25, -0.2) is 9.98 Å². The number of rotatable bonds is 3. The predicted molar refractivity (Wildman–Crippen MR) is 115 cm³/mol. The maximum absolute atomic E-state index is 6.02. The minimum atomic E-state index is 0.267. The average Bonchev–Trinajstić information content (AvgIpc) is 2.68. The lowest BCUT2D eigenvalue weighted by atomic mass is 9.92. The Morgan fingerprint density at radius 3 is 2.50 bits per heavy atom. The molecule has 0 radical (unpaired) electrons. The van der Waals surface area contributed by atoms with Gasteiger partial charge in [0, 0.05) is 42.0 Å². The normalized spacial score (nSPS) is 14.6. The lowest BCUT2D eigenvalue weighted by molar-refractivity contribution is 0.246. The summed E-state index contributed by atoms with van der Waals surface area (Å²) in [6, 6.07) is 15.7. The zero-order chi connectivity index (χ0) is 19.5. The topological polar surface area (TPSA) is 53.7 Å².